The van der Waals surface area contributed by atoms with Gasteiger partial charge in [0.1, 0.15) is 0 Å². The van der Waals surface area contributed by atoms with Crippen LogP contribution in [0.2, 0.25) is 5.02 Å². The van der Waals surface area contributed by atoms with Gasteiger partial charge in [0.15, 0.2) is 11.5 Å². The molecule has 3 aromatic heterocycles. The van der Waals surface area contributed by atoms with Crippen molar-refractivity contribution in [2.75, 3.05) is 20.0 Å². The molecule has 0 fully saturated rings. The smallest absolute Gasteiger partial charge is 0.230 e. The van der Waals surface area contributed by atoms with Crippen molar-refractivity contribution in [2.24, 2.45) is 0 Å². The second-order valence-corrected chi connectivity index (χ2v) is 8.16. The van der Waals surface area contributed by atoms with Crippen molar-refractivity contribution in [3.8, 4) is 33.9 Å². The van der Waals surface area contributed by atoms with Gasteiger partial charge in [-0.1, -0.05) is 17.7 Å². The maximum atomic E-state index is 13.2. The number of hydrogen-bond acceptors (Lipinski definition) is 7. The van der Waals surface area contributed by atoms with E-state index in [1.807, 2.05) is 30.3 Å². The first-order valence-electron chi connectivity index (χ1n) is 10.7. The maximum absolute atomic E-state index is 13.2. The maximum Gasteiger partial charge on any atom is 0.230 e. The highest BCUT2D eigenvalue weighted by atomic mass is 35.5. The highest BCUT2D eigenvalue weighted by Gasteiger charge is 2.25. The van der Waals surface area contributed by atoms with Crippen molar-refractivity contribution in [1.29, 1.82) is 0 Å². The van der Waals surface area contributed by atoms with Crippen molar-refractivity contribution in [1.82, 2.24) is 9.97 Å². The summed E-state index contributed by atoms with van der Waals surface area (Å²) in [6.45, 7) is 0. The molecule has 2 aromatic carbocycles. The first kappa shape index (κ1) is 22.4. The summed E-state index contributed by atoms with van der Waals surface area (Å²) in [6, 6.07) is 17.7. The number of ether oxygens (including phenoxy) is 2. The minimum atomic E-state index is -0.363. The zero-order valence-electron chi connectivity index (χ0n) is 18.9. The number of furan rings is 1. The first-order valence-corrected chi connectivity index (χ1v) is 11.0. The van der Waals surface area contributed by atoms with Crippen molar-refractivity contribution in [2.45, 2.75) is 0 Å². The van der Waals surface area contributed by atoms with Crippen molar-refractivity contribution >= 4 is 34.2 Å². The van der Waals surface area contributed by atoms with E-state index in [4.69, 9.17) is 31.2 Å². The molecule has 3 heterocycles. The predicted octanol–water partition coefficient (Wildman–Crippen LogP) is 6.04. The number of aromatic nitrogens is 2. The molecule has 2 N–H and O–H groups in total. The van der Waals surface area contributed by atoms with E-state index in [-0.39, 0.29) is 22.9 Å². The number of carbonyl (C=O) groups excluding carboxylic acids is 1. The van der Waals surface area contributed by atoms with Crippen LogP contribution in [0.1, 0.15) is 16.1 Å². The number of fused-ring (bicyclic) bond motifs is 1. The lowest BCUT2D eigenvalue weighted by Crippen LogP contribution is -2.02. The van der Waals surface area contributed by atoms with E-state index in [0.717, 1.165) is 16.7 Å². The fourth-order valence-corrected chi connectivity index (χ4v) is 4.04. The summed E-state index contributed by atoms with van der Waals surface area (Å²) in [4.78, 5) is 22.1. The van der Waals surface area contributed by atoms with Crippen LogP contribution in [0.4, 0.5) is 5.69 Å². The number of nitrogens with zero attached hydrogens (tertiary/aromatic N) is 2. The number of hydrogen-bond donors (Lipinski definition) is 1. The number of benzene rings is 2. The highest BCUT2D eigenvalue weighted by molar-refractivity contribution is 6.30. The van der Waals surface area contributed by atoms with Crippen LogP contribution >= 0.6 is 11.6 Å². The van der Waals surface area contributed by atoms with E-state index >= 15 is 0 Å². The summed E-state index contributed by atoms with van der Waals surface area (Å²) in [5.74, 6) is 0.795. The van der Waals surface area contributed by atoms with Crippen LogP contribution in [0.5, 0.6) is 11.5 Å². The zero-order chi connectivity index (χ0) is 24.5. The fourth-order valence-electron chi connectivity index (χ4n) is 3.92. The highest BCUT2D eigenvalue weighted by Crippen LogP contribution is 2.41. The van der Waals surface area contributed by atoms with Gasteiger partial charge in [0.05, 0.1) is 31.0 Å². The third kappa shape index (κ3) is 4.06. The molecule has 0 atom stereocenters. The average Bonchev–Trinajstić information content (AvgIpc) is 3.24. The van der Waals surface area contributed by atoms with E-state index < -0.39 is 0 Å². The number of halogens is 1. The van der Waals surface area contributed by atoms with Crippen LogP contribution in [0.25, 0.3) is 33.5 Å². The lowest BCUT2D eigenvalue weighted by Gasteiger charge is -2.11. The summed E-state index contributed by atoms with van der Waals surface area (Å²) in [5, 5.41) is 1.06. The van der Waals surface area contributed by atoms with Gasteiger partial charge < -0.3 is 19.6 Å². The molecule has 174 valence electrons. The number of nitrogen functional groups attached to an aromatic ring is 1. The van der Waals surface area contributed by atoms with Gasteiger partial charge in [0.2, 0.25) is 17.3 Å². The molecule has 8 heteroatoms. The third-order valence-electron chi connectivity index (χ3n) is 5.66. The summed E-state index contributed by atoms with van der Waals surface area (Å²) in [5.41, 5.74) is 10.3. The minimum Gasteiger partial charge on any atom is -0.493 e. The third-order valence-corrected chi connectivity index (χ3v) is 5.92. The number of ketones is 1. The van der Waals surface area contributed by atoms with Crippen molar-refractivity contribution in [3.05, 3.63) is 89.4 Å². The number of methoxy groups -OCH3 is 2. The Morgan fingerprint density at radius 3 is 2.43 bits per heavy atom. The van der Waals surface area contributed by atoms with Crippen LogP contribution < -0.4 is 15.2 Å². The normalized spacial score (nSPS) is 10.9. The van der Waals surface area contributed by atoms with E-state index in [9.17, 15) is 4.79 Å². The van der Waals surface area contributed by atoms with E-state index in [1.54, 1.807) is 56.9 Å². The van der Waals surface area contributed by atoms with E-state index in [0.29, 0.717) is 33.2 Å². The monoisotopic (exact) mass is 485 g/mol. The predicted molar refractivity (Wildman–Crippen MR) is 135 cm³/mol. The molecule has 7 nitrogen and oxygen atoms in total. The first-order chi connectivity index (χ1) is 17.0. The Balaban J connectivity index is 1.76. The van der Waals surface area contributed by atoms with Crippen LogP contribution in [0, 0.1) is 0 Å². The Labute approximate surface area is 206 Å². The Kier molecular flexibility index (Phi) is 5.84. The second-order valence-electron chi connectivity index (χ2n) is 7.73. The van der Waals surface area contributed by atoms with Gasteiger partial charge in [0.25, 0.3) is 0 Å². The van der Waals surface area contributed by atoms with Gasteiger partial charge in [-0.2, -0.15) is 0 Å². The Morgan fingerprint density at radius 1 is 0.971 bits per heavy atom. The van der Waals surface area contributed by atoms with Gasteiger partial charge in [-0.3, -0.25) is 9.78 Å². The molecule has 0 unspecified atom stereocenters. The summed E-state index contributed by atoms with van der Waals surface area (Å²) < 4.78 is 16.9. The number of carbonyl (C=O) groups is 1. The molecule has 5 rings (SSSR count). The van der Waals surface area contributed by atoms with E-state index in [2.05, 4.69) is 9.97 Å². The van der Waals surface area contributed by atoms with Crippen LogP contribution in [-0.2, 0) is 0 Å². The Hall–Kier alpha value is -4.36. The molecule has 0 radical (unpaired) electrons. The van der Waals surface area contributed by atoms with Crippen LogP contribution in [0.15, 0.2) is 77.5 Å². The molecular weight excluding hydrogens is 466 g/mol. The van der Waals surface area contributed by atoms with E-state index in [1.165, 1.54) is 0 Å². The number of anilines is 1. The van der Waals surface area contributed by atoms with Crippen LogP contribution in [0.3, 0.4) is 0 Å². The molecule has 35 heavy (non-hydrogen) atoms. The topological polar surface area (TPSA) is 100 Å². The van der Waals surface area contributed by atoms with Gasteiger partial charge in [0, 0.05) is 28.5 Å². The fraction of sp³-hybridized carbons (Fsp3) is 0.0741. The van der Waals surface area contributed by atoms with Gasteiger partial charge >= 0.3 is 0 Å². The average molecular weight is 486 g/mol. The Bertz CT molecular complexity index is 1550. The molecule has 0 aliphatic rings. The van der Waals surface area contributed by atoms with Crippen LogP contribution in [-0.4, -0.2) is 30.0 Å². The molecular formula is C27H20ClN3O4. The quantitative estimate of drug-likeness (QED) is 0.292. The molecule has 0 bridgehead atoms. The molecule has 0 saturated heterocycles. The number of nitrogens with two attached hydrogens (primary N) is 1. The molecule has 0 aliphatic heterocycles. The largest absolute Gasteiger partial charge is 0.493 e. The lowest BCUT2D eigenvalue weighted by atomic mass is 9.98. The Morgan fingerprint density at radius 2 is 1.74 bits per heavy atom. The molecule has 5 aromatic rings. The van der Waals surface area contributed by atoms with Crippen molar-refractivity contribution < 1.29 is 18.7 Å². The summed E-state index contributed by atoms with van der Waals surface area (Å²) in [7, 11) is 3.14. The number of pyridine rings is 2. The zero-order valence-corrected chi connectivity index (χ0v) is 19.7. The SMILES string of the molecule is COc1ccc(-c2cc(-c3cccnc3)nc3oc(C(=O)c4ccc(Cl)cc4)c(N)c23)cc1OC. The second kappa shape index (κ2) is 9.12. The summed E-state index contributed by atoms with van der Waals surface area (Å²) >= 11 is 5.97. The standard InChI is InChI=1S/C27H20ClN3O4/c1-33-21-10-7-16(12-22(21)34-2)19-13-20(17-4-3-11-30-14-17)31-27-23(19)24(29)26(35-27)25(32)15-5-8-18(28)9-6-15/h3-14H,29H2,1-2H3. The molecule has 0 saturated carbocycles. The van der Waals surface area contributed by atoms with Gasteiger partial charge in [-0.15, -0.1) is 0 Å². The van der Waals surface area contributed by atoms with Gasteiger partial charge in [-0.05, 0) is 65.7 Å². The van der Waals surface area contributed by atoms with Gasteiger partial charge in [-0.25, -0.2) is 4.98 Å². The lowest BCUT2D eigenvalue weighted by molar-refractivity contribution is 0.101. The molecule has 0 spiro atoms. The number of rotatable bonds is 6. The summed E-state index contributed by atoms with van der Waals surface area (Å²) in [6.07, 6.45) is 3.39. The molecule has 0 aliphatic carbocycles. The molecule has 0 amide bonds. The minimum absolute atomic E-state index is 0.0138. The van der Waals surface area contributed by atoms with Crippen molar-refractivity contribution in [3.63, 3.8) is 0 Å².